The summed E-state index contributed by atoms with van der Waals surface area (Å²) in [6.07, 6.45) is 1.80. The average Bonchev–Trinajstić information content (AvgIpc) is 3.13. The van der Waals surface area contributed by atoms with Gasteiger partial charge in [0.05, 0.1) is 30.7 Å². The van der Waals surface area contributed by atoms with Gasteiger partial charge in [0.1, 0.15) is 10.7 Å². The maximum Gasteiger partial charge on any atom is 0.274 e. The molecule has 1 aromatic heterocycles. The molecule has 30 heavy (non-hydrogen) atoms. The van der Waals surface area contributed by atoms with Gasteiger partial charge < -0.3 is 15.0 Å². The first-order valence-corrected chi connectivity index (χ1v) is 11.8. The summed E-state index contributed by atoms with van der Waals surface area (Å²) in [5.74, 6) is -1.50. The Morgan fingerprint density at radius 2 is 2.07 bits per heavy atom. The van der Waals surface area contributed by atoms with E-state index in [9.17, 15) is 17.6 Å². The lowest BCUT2D eigenvalue weighted by Crippen LogP contribution is -2.41. The Hall–Kier alpha value is -2.30. The molecule has 1 N–H and O–H groups in total. The van der Waals surface area contributed by atoms with Crippen LogP contribution >= 0.6 is 0 Å². The summed E-state index contributed by atoms with van der Waals surface area (Å²) in [6, 6.07) is 4.23. The number of benzene rings is 1. The third-order valence-electron chi connectivity index (χ3n) is 5.99. The molecule has 2 saturated heterocycles. The summed E-state index contributed by atoms with van der Waals surface area (Å²) in [5.41, 5.74) is 1.35. The molecule has 1 amide bonds. The van der Waals surface area contributed by atoms with Crippen LogP contribution in [0.15, 0.2) is 23.1 Å². The van der Waals surface area contributed by atoms with Crippen LogP contribution in [0.25, 0.3) is 11.3 Å². The molecule has 3 aliphatic rings. The van der Waals surface area contributed by atoms with Crippen molar-refractivity contribution in [3.05, 3.63) is 35.3 Å². The molecule has 2 aromatic rings. The number of amides is 1. The quantitative estimate of drug-likeness (QED) is 0.768. The maximum absolute atomic E-state index is 14.6. The molecule has 4 heterocycles. The molecule has 5 rings (SSSR count). The van der Waals surface area contributed by atoms with E-state index < -0.39 is 21.4 Å². The van der Waals surface area contributed by atoms with Crippen molar-refractivity contribution in [1.29, 1.82) is 0 Å². The summed E-state index contributed by atoms with van der Waals surface area (Å²) >= 11 is 0. The van der Waals surface area contributed by atoms with E-state index in [0.717, 1.165) is 25.5 Å². The standard InChI is InChI=1S/C20H23FN4O4S/c21-16-5-1-4-14-18-15(12-30(27,28)19(14)16)17(20(26)24-7-9-29-10-8-24)23-25(18)13-3-2-6-22-11-13/h1,4-5,13,22H,2-3,6-12H2/t13-/m1/s1. The molecule has 10 heteroatoms. The van der Waals surface area contributed by atoms with Crippen LogP contribution in [0, 0.1) is 5.82 Å². The van der Waals surface area contributed by atoms with E-state index in [1.165, 1.54) is 6.07 Å². The van der Waals surface area contributed by atoms with Crippen molar-refractivity contribution in [3.8, 4) is 11.3 Å². The highest BCUT2D eigenvalue weighted by Gasteiger charge is 2.39. The summed E-state index contributed by atoms with van der Waals surface area (Å²) in [5, 5.41) is 7.97. The van der Waals surface area contributed by atoms with Gasteiger partial charge in [-0.1, -0.05) is 12.1 Å². The number of carbonyl (C=O) groups excluding carboxylic acids is 1. The van der Waals surface area contributed by atoms with Crippen molar-refractivity contribution in [3.63, 3.8) is 0 Å². The van der Waals surface area contributed by atoms with Gasteiger partial charge in [-0.25, -0.2) is 12.8 Å². The number of ether oxygens (including phenoxy) is 1. The number of hydrogen-bond donors (Lipinski definition) is 1. The van der Waals surface area contributed by atoms with Gasteiger partial charge in [-0.05, 0) is 25.5 Å². The molecule has 0 unspecified atom stereocenters. The second-order valence-electron chi connectivity index (χ2n) is 7.90. The van der Waals surface area contributed by atoms with Crippen LogP contribution in [0.1, 0.15) is 34.9 Å². The highest BCUT2D eigenvalue weighted by Crippen LogP contribution is 2.42. The van der Waals surface area contributed by atoms with Crippen LogP contribution in [0.2, 0.25) is 0 Å². The van der Waals surface area contributed by atoms with Crippen molar-refractivity contribution in [2.75, 3.05) is 39.4 Å². The topological polar surface area (TPSA) is 93.5 Å². The van der Waals surface area contributed by atoms with E-state index >= 15 is 0 Å². The second kappa shape index (κ2) is 7.44. The molecule has 160 valence electrons. The molecular formula is C20H23FN4O4S. The largest absolute Gasteiger partial charge is 0.378 e. The van der Waals surface area contributed by atoms with Crippen molar-refractivity contribution >= 4 is 15.7 Å². The summed E-state index contributed by atoms with van der Waals surface area (Å²) < 4.78 is 47.6. The molecule has 1 aromatic carbocycles. The number of carbonyl (C=O) groups is 1. The first-order chi connectivity index (χ1) is 14.5. The lowest BCUT2D eigenvalue weighted by atomic mass is 10.0. The predicted octanol–water partition coefficient (Wildman–Crippen LogP) is 1.37. The van der Waals surface area contributed by atoms with E-state index in [-0.39, 0.29) is 28.1 Å². The van der Waals surface area contributed by atoms with Crippen molar-refractivity contribution in [2.24, 2.45) is 0 Å². The van der Waals surface area contributed by atoms with Gasteiger partial charge in [-0.3, -0.25) is 9.48 Å². The summed E-state index contributed by atoms with van der Waals surface area (Å²) in [7, 11) is -3.93. The number of piperidine rings is 1. The van der Waals surface area contributed by atoms with Gasteiger partial charge in [-0.15, -0.1) is 0 Å². The molecular weight excluding hydrogens is 411 g/mol. The van der Waals surface area contributed by atoms with Gasteiger partial charge >= 0.3 is 0 Å². The van der Waals surface area contributed by atoms with Crippen molar-refractivity contribution in [1.82, 2.24) is 20.0 Å². The Kier molecular flexibility index (Phi) is 4.87. The minimum absolute atomic E-state index is 0.0318. The third-order valence-corrected chi connectivity index (χ3v) is 7.70. The molecule has 0 aliphatic carbocycles. The number of halogens is 1. The number of rotatable bonds is 2. The molecule has 3 aliphatic heterocycles. The Morgan fingerprint density at radius 3 is 2.80 bits per heavy atom. The zero-order valence-electron chi connectivity index (χ0n) is 16.4. The van der Waals surface area contributed by atoms with Crippen LogP contribution in [-0.4, -0.2) is 68.4 Å². The van der Waals surface area contributed by atoms with Gasteiger partial charge in [0.25, 0.3) is 5.91 Å². The zero-order valence-corrected chi connectivity index (χ0v) is 17.3. The Morgan fingerprint density at radius 1 is 1.27 bits per heavy atom. The molecule has 0 spiro atoms. The number of sulfone groups is 1. The fraction of sp³-hybridized carbons (Fsp3) is 0.500. The molecule has 0 saturated carbocycles. The smallest absolute Gasteiger partial charge is 0.274 e. The highest BCUT2D eigenvalue weighted by atomic mass is 32.2. The van der Waals surface area contributed by atoms with E-state index in [1.807, 2.05) is 0 Å². The molecule has 0 bridgehead atoms. The normalized spacial score (nSPS) is 23.0. The average molecular weight is 434 g/mol. The second-order valence-corrected chi connectivity index (χ2v) is 9.83. The summed E-state index contributed by atoms with van der Waals surface area (Å²) in [4.78, 5) is 14.6. The third kappa shape index (κ3) is 3.14. The molecule has 1 atom stereocenters. The van der Waals surface area contributed by atoms with E-state index in [1.54, 1.807) is 15.6 Å². The number of aromatic nitrogens is 2. The number of fused-ring (bicyclic) bond motifs is 3. The Balaban J connectivity index is 1.71. The summed E-state index contributed by atoms with van der Waals surface area (Å²) in [6.45, 7) is 3.31. The molecule has 2 fully saturated rings. The monoisotopic (exact) mass is 434 g/mol. The SMILES string of the molecule is O=C(c1nn([C@@H]2CCCNC2)c2c1CS(=O)(=O)c1c(F)cccc1-2)N1CCOCC1. The predicted molar refractivity (Wildman–Crippen MR) is 106 cm³/mol. The molecule has 0 radical (unpaired) electrons. The lowest BCUT2D eigenvalue weighted by molar-refractivity contribution is 0.0297. The lowest BCUT2D eigenvalue weighted by Gasteiger charge is -2.27. The Bertz CT molecular complexity index is 1100. The highest BCUT2D eigenvalue weighted by molar-refractivity contribution is 7.91. The van der Waals surface area contributed by atoms with Crippen LogP contribution in [0.4, 0.5) is 4.39 Å². The molecule has 8 nitrogen and oxygen atoms in total. The van der Waals surface area contributed by atoms with Crippen LogP contribution in [-0.2, 0) is 20.3 Å². The van der Waals surface area contributed by atoms with Crippen molar-refractivity contribution in [2.45, 2.75) is 29.5 Å². The number of hydrogen-bond acceptors (Lipinski definition) is 6. The zero-order chi connectivity index (χ0) is 20.9. The van der Waals surface area contributed by atoms with Crippen LogP contribution in [0.5, 0.6) is 0 Å². The van der Waals surface area contributed by atoms with Gasteiger partial charge in [0.2, 0.25) is 0 Å². The van der Waals surface area contributed by atoms with Crippen molar-refractivity contribution < 1.29 is 22.3 Å². The van der Waals surface area contributed by atoms with Gasteiger partial charge in [0, 0.05) is 30.8 Å². The Labute approximate surface area is 173 Å². The van der Waals surface area contributed by atoms with E-state index in [4.69, 9.17) is 4.74 Å². The van der Waals surface area contributed by atoms with E-state index in [0.29, 0.717) is 44.1 Å². The first-order valence-electron chi connectivity index (χ1n) is 10.2. The maximum atomic E-state index is 14.6. The minimum Gasteiger partial charge on any atom is -0.378 e. The minimum atomic E-state index is -3.93. The number of nitrogens with one attached hydrogen (secondary N) is 1. The fourth-order valence-corrected chi connectivity index (χ4v) is 6.22. The van der Waals surface area contributed by atoms with Gasteiger partial charge in [-0.2, -0.15) is 5.10 Å². The van der Waals surface area contributed by atoms with Gasteiger partial charge in [0.15, 0.2) is 15.5 Å². The number of nitrogens with zero attached hydrogens (tertiary/aromatic N) is 3. The van der Waals surface area contributed by atoms with Crippen LogP contribution in [0.3, 0.4) is 0 Å². The van der Waals surface area contributed by atoms with Crippen LogP contribution < -0.4 is 5.32 Å². The fourth-order valence-electron chi connectivity index (χ4n) is 4.56. The number of morpholine rings is 1. The van der Waals surface area contributed by atoms with E-state index in [2.05, 4.69) is 10.4 Å². The first kappa shape index (κ1) is 19.7.